The molecule has 3 rings (SSSR count). The molecule has 1 atom stereocenters. The van der Waals surface area contributed by atoms with Crippen molar-refractivity contribution in [2.45, 2.75) is 51.7 Å². The number of rotatable bonds is 7. The van der Waals surface area contributed by atoms with Crippen LogP contribution in [0.4, 0.5) is 13.2 Å². The summed E-state index contributed by atoms with van der Waals surface area (Å²) >= 11 is 0. The number of benzene rings is 1. The van der Waals surface area contributed by atoms with Crippen LogP contribution in [0.25, 0.3) is 0 Å². The molecule has 2 fully saturated rings. The average molecular weight is 476 g/mol. The van der Waals surface area contributed by atoms with Crippen LogP contribution in [-0.4, -0.2) is 68.0 Å². The molecule has 0 saturated carbocycles. The summed E-state index contributed by atoms with van der Waals surface area (Å²) in [6.45, 7) is 6.59. The molecule has 2 saturated heterocycles. The Hall–Kier alpha value is -1.65. The second kappa shape index (κ2) is 10.1. The number of halogens is 3. The number of alkyl halides is 3. The zero-order valence-corrected chi connectivity index (χ0v) is 19.4. The van der Waals surface area contributed by atoms with E-state index >= 15 is 0 Å². The zero-order valence-electron chi connectivity index (χ0n) is 18.6. The van der Waals surface area contributed by atoms with Gasteiger partial charge in [-0.15, -0.1) is 0 Å². The molecule has 6 nitrogen and oxygen atoms in total. The number of carbonyl (C=O) groups excluding carboxylic acids is 1. The van der Waals surface area contributed by atoms with Crippen LogP contribution >= 0.6 is 0 Å². The molecule has 0 unspecified atom stereocenters. The molecule has 2 aliphatic heterocycles. The molecular formula is C22H32F3N3O3S. The quantitative estimate of drug-likeness (QED) is 0.657. The standard InChI is InChI=1S/C22H32F3N3O3S/c1-3-32(30,31)28-8-4-5-20(28)15-27-9-6-17(7-10-27)14-26-21(29)18-11-16(2)12-19(13-18)22(23,24)25/h11-13,17,20H,3-10,14-15H2,1-2H3,(H,26,29)/t20-/m0/s1. The van der Waals surface area contributed by atoms with Gasteiger partial charge in [-0.05, 0) is 82.3 Å². The SMILES string of the molecule is CCS(=O)(=O)N1CCC[C@H]1CN1CCC(CNC(=O)c2cc(C)cc(C(F)(F)F)c2)CC1. The molecule has 10 heteroatoms. The van der Waals surface area contributed by atoms with Crippen LogP contribution in [0.15, 0.2) is 18.2 Å². The lowest BCUT2D eigenvalue weighted by Crippen LogP contribution is -2.46. The van der Waals surface area contributed by atoms with Gasteiger partial charge in [-0.1, -0.05) is 0 Å². The highest BCUT2D eigenvalue weighted by molar-refractivity contribution is 7.89. The van der Waals surface area contributed by atoms with Crippen molar-refractivity contribution in [1.82, 2.24) is 14.5 Å². The number of likely N-dealkylation sites (tertiary alicyclic amines) is 1. The predicted molar refractivity (Wildman–Crippen MR) is 117 cm³/mol. The molecule has 2 aliphatic rings. The third kappa shape index (κ3) is 6.23. The maximum absolute atomic E-state index is 13.0. The molecule has 1 aromatic carbocycles. The van der Waals surface area contributed by atoms with E-state index in [1.165, 1.54) is 6.07 Å². The second-order valence-corrected chi connectivity index (χ2v) is 11.1. The first kappa shape index (κ1) is 25.0. The monoisotopic (exact) mass is 475 g/mol. The number of hydrogen-bond donors (Lipinski definition) is 1. The molecule has 32 heavy (non-hydrogen) atoms. The van der Waals surface area contributed by atoms with Crippen LogP contribution in [0.1, 0.15) is 54.1 Å². The fraction of sp³-hybridized carbons (Fsp3) is 0.682. The number of nitrogens with zero attached hydrogens (tertiary/aromatic N) is 2. The third-order valence-corrected chi connectivity index (χ3v) is 8.36. The van der Waals surface area contributed by atoms with Crippen LogP contribution in [0, 0.1) is 12.8 Å². The summed E-state index contributed by atoms with van der Waals surface area (Å²) in [5, 5.41) is 2.78. The third-order valence-electron chi connectivity index (χ3n) is 6.44. The molecule has 2 heterocycles. The van der Waals surface area contributed by atoms with E-state index in [2.05, 4.69) is 10.2 Å². The summed E-state index contributed by atoms with van der Waals surface area (Å²) in [6.07, 6.45) is -1.00. The summed E-state index contributed by atoms with van der Waals surface area (Å²) < 4.78 is 65.2. The first-order valence-electron chi connectivity index (χ1n) is 11.2. The molecule has 1 N–H and O–H groups in total. The van der Waals surface area contributed by atoms with Gasteiger partial charge in [0.05, 0.1) is 11.3 Å². The number of nitrogens with one attached hydrogen (secondary N) is 1. The van der Waals surface area contributed by atoms with E-state index in [0.717, 1.165) is 57.5 Å². The largest absolute Gasteiger partial charge is 0.416 e. The Morgan fingerprint density at radius 1 is 1.12 bits per heavy atom. The van der Waals surface area contributed by atoms with Crippen LogP contribution in [0.5, 0.6) is 0 Å². The van der Waals surface area contributed by atoms with Gasteiger partial charge >= 0.3 is 6.18 Å². The second-order valence-electron chi connectivity index (χ2n) is 8.85. The molecule has 0 radical (unpaired) electrons. The minimum Gasteiger partial charge on any atom is -0.352 e. The first-order valence-corrected chi connectivity index (χ1v) is 12.8. The van der Waals surface area contributed by atoms with E-state index in [4.69, 9.17) is 0 Å². The van der Waals surface area contributed by atoms with Gasteiger partial charge in [-0.25, -0.2) is 8.42 Å². The highest BCUT2D eigenvalue weighted by Crippen LogP contribution is 2.30. The summed E-state index contributed by atoms with van der Waals surface area (Å²) in [5.41, 5.74) is -0.403. The van der Waals surface area contributed by atoms with Gasteiger partial charge in [0, 0.05) is 31.2 Å². The van der Waals surface area contributed by atoms with E-state index in [-0.39, 0.29) is 23.3 Å². The van der Waals surface area contributed by atoms with Crippen molar-refractivity contribution in [2.24, 2.45) is 5.92 Å². The Morgan fingerprint density at radius 3 is 2.44 bits per heavy atom. The lowest BCUT2D eigenvalue weighted by molar-refractivity contribution is -0.137. The van der Waals surface area contributed by atoms with Gasteiger partial charge in [0.2, 0.25) is 10.0 Å². The fourth-order valence-electron chi connectivity index (χ4n) is 4.61. The molecule has 0 bridgehead atoms. The highest BCUT2D eigenvalue weighted by atomic mass is 32.2. The molecule has 1 aromatic rings. The van der Waals surface area contributed by atoms with E-state index in [1.54, 1.807) is 18.2 Å². The van der Waals surface area contributed by atoms with E-state index < -0.39 is 27.7 Å². The predicted octanol–water partition coefficient (Wildman–Crippen LogP) is 3.27. The molecule has 0 spiro atoms. The van der Waals surface area contributed by atoms with Gasteiger partial charge in [0.25, 0.3) is 5.91 Å². The van der Waals surface area contributed by atoms with Gasteiger partial charge in [-0.2, -0.15) is 17.5 Å². The maximum Gasteiger partial charge on any atom is 0.416 e. The lowest BCUT2D eigenvalue weighted by atomic mass is 9.96. The van der Waals surface area contributed by atoms with E-state index in [9.17, 15) is 26.4 Å². The minimum atomic E-state index is -4.49. The van der Waals surface area contributed by atoms with Crippen LogP contribution < -0.4 is 5.32 Å². The molecule has 0 aliphatic carbocycles. The Bertz CT molecular complexity index is 913. The number of sulfonamides is 1. The number of aryl methyl sites for hydroxylation is 1. The van der Waals surface area contributed by atoms with Crippen LogP contribution in [0.3, 0.4) is 0 Å². The fourth-order valence-corrected chi connectivity index (χ4v) is 5.98. The smallest absolute Gasteiger partial charge is 0.352 e. The summed E-state index contributed by atoms with van der Waals surface area (Å²) in [5.74, 6) is -0.120. The number of amides is 1. The van der Waals surface area contributed by atoms with Crippen molar-refractivity contribution in [3.05, 3.63) is 34.9 Å². The summed E-state index contributed by atoms with van der Waals surface area (Å²) in [4.78, 5) is 14.7. The van der Waals surface area contributed by atoms with Crippen molar-refractivity contribution in [3.63, 3.8) is 0 Å². The topological polar surface area (TPSA) is 69.7 Å². The number of piperidine rings is 1. The van der Waals surface area contributed by atoms with E-state index in [0.29, 0.717) is 18.7 Å². The first-order chi connectivity index (χ1) is 15.0. The molecule has 180 valence electrons. The maximum atomic E-state index is 13.0. The Kier molecular flexibility index (Phi) is 7.88. The lowest BCUT2D eigenvalue weighted by Gasteiger charge is -2.35. The Labute approximate surface area is 188 Å². The van der Waals surface area contributed by atoms with Crippen molar-refractivity contribution < 1.29 is 26.4 Å². The zero-order chi connectivity index (χ0) is 23.5. The highest BCUT2D eigenvalue weighted by Gasteiger charge is 2.35. The van der Waals surface area contributed by atoms with Crippen LogP contribution in [-0.2, 0) is 16.2 Å². The van der Waals surface area contributed by atoms with E-state index in [1.807, 2.05) is 0 Å². The van der Waals surface area contributed by atoms with Crippen LogP contribution in [0.2, 0.25) is 0 Å². The van der Waals surface area contributed by atoms with Gasteiger partial charge < -0.3 is 10.2 Å². The summed E-state index contributed by atoms with van der Waals surface area (Å²) in [7, 11) is -3.18. The molecule has 0 aromatic heterocycles. The van der Waals surface area contributed by atoms with Crippen molar-refractivity contribution >= 4 is 15.9 Å². The average Bonchev–Trinajstić information content (AvgIpc) is 3.21. The van der Waals surface area contributed by atoms with Crippen molar-refractivity contribution in [3.8, 4) is 0 Å². The van der Waals surface area contributed by atoms with Gasteiger partial charge in [0.1, 0.15) is 0 Å². The van der Waals surface area contributed by atoms with Gasteiger partial charge in [0.15, 0.2) is 0 Å². The molecular weight excluding hydrogens is 443 g/mol. The van der Waals surface area contributed by atoms with Crippen molar-refractivity contribution in [2.75, 3.05) is 38.5 Å². The number of carbonyl (C=O) groups is 1. The normalized spacial score (nSPS) is 21.7. The summed E-state index contributed by atoms with van der Waals surface area (Å²) in [6, 6.07) is 3.41. The minimum absolute atomic E-state index is 0.0215. The number of hydrogen-bond acceptors (Lipinski definition) is 4. The van der Waals surface area contributed by atoms with Gasteiger partial charge in [-0.3, -0.25) is 4.79 Å². The van der Waals surface area contributed by atoms with Crippen molar-refractivity contribution in [1.29, 1.82) is 0 Å². The Balaban J connectivity index is 1.48. The molecule has 1 amide bonds. The Morgan fingerprint density at radius 2 is 1.81 bits per heavy atom.